The van der Waals surface area contributed by atoms with E-state index in [4.69, 9.17) is 4.74 Å². The fourth-order valence-electron chi connectivity index (χ4n) is 1.03. The Morgan fingerprint density at radius 1 is 1.67 bits per heavy atom. The molecule has 0 saturated heterocycles. The first-order valence-electron chi connectivity index (χ1n) is 4.50. The van der Waals surface area contributed by atoms with Crippen LogP contribution in [0.5, 0.6) is 0 Å². The summed E-state index contributed by atoms with van der Waals surface area (Å²) in [6.45, 7) is 2.37. The van der Waals surface area contributed by atoms with Gasteiger partial charge >= 0.3 is 5.97 Å². The van der Waals surface area contributed by atoms with E-state index < -0.39 is 0 Å². The number of rotatable bonds is 4. The van der Waals surface area contributed by atoms with Crippen LogP contribution in [0.15, 0.2) is 21.8 Å². The van der Waals surface area contributed by atoms with Gasteiger partial charge in [0.25, 0.3) is 5.56 Å². The molecule has 1 heterocycles. The van der Waals surface area contributed by atoms with Gasteiger partial charge in [0.15, 0.2) is 0 Å². The third-order valence-electron chi connectivity index (χ3n) is 1.72. The zero-order valence-corrected chi connectivity index (χ0v) is 9.86. The van der Waals surface area contributed by atoms with Gasteiger partial charge in [-0.1, -0.05) is 0 Å². The highest BCUT2D eigenvalue weighted by atomic mass is 79.9. The molecule has 5 nitrogen and oxygen atoms in total. The summed E-state index contributed by atoms with van der Waals surface area (Å²) in [7, 11) is 0. The van der Waals surface area contributed by atoms with Crippen LogP contribution < -0.4 is 5.56 Å². The van der Waals surface area contributed by atoms with E-state index in [1.807, 2.05) is 0 Å². The number of hydrogen-bond acceptors (Lipinski definition) is 4. The maximum atomic E-state index is 11.5. The Morgan fingerprint density at radius 3 is 3.07 bits per heavy atom. The molecule has 0 N–H and O–H groups in total. The number of aromatic nitrogens is 2. The van der Waals surface area contributed by atoms with Gasteiger partial charge in [0.05, 0.1) is 19.4 Å². The molecular formula is C9H11BrN2O3. The number of esters is 1. The summed E-state index contributed by atoms with van der Waals surface area (Å²) in [6.07, 6.45) is 2.99. The highest BCUT2D eigenvalue weighted by Gasteiger charge is 2.05. The second kappa shape index (κ2) is 5.65. The second-order valence-corrected chi connectivity index (χ2v) is 3.65. The van der Waals surface area contributed by atoms with Crippen molar-refractivity contribution in [2.75, 3.05) is 6.61 Å². The van der Waals surface area contributed by atoms with Crippen LogP contribution in [-0.2, 0) is 16.1 Å². The third-order valence-corrected chi connectivity index (χ3v) is 2.27. The number of halogens is 1. The van der Waals surface area contributed by atoms with Crippen LogP contribution >= 0.6 is 15.9 Å². The molecule has 0 aromatic carbocycles. The molecular weight excluding hydrogens is 264 g/mol. The molecule has 0 amide bonds. The molecule has 15 heavy (non-hydrogen) atoms. The first-order chi connectivity index (χ1) is 7.15. The fraction of sp³-hybridized carbons (Fsp3) is 0.444. The molecule has 0 fully saturated rings. The van der Waals surface area contributed by atoms with Crippen molar-refractivity contribution >= 4 is 21.9 Å². The Kier molecular flexibility index (Phi) is 4.48. The fourth-order valence-corrected chi connectivity index (χ4v) is 1.37. The van der Waals surface area contributed by atoms with Gasteiger partial charge in [0, 0.05) is 12.7 Å². The maximum absolute atomic E-state index is 11.5. The van der Waals surface area contributed by atoms with Crippen molar-refractivity contribution in [3.63, 3.8) is 0 Å². The van der Waals surface area contributed by atoms with E-state index in [0.29, 0.717) is 11.1 Å². The molecule has 0 aliphatic carbocycles. The Hall–Kier alpha value is -1.17. The molecule has 0 aliphatic heterocycles. The predicted octanol–water partition coefficient (Wildman–Crippen LogP) is 0.959. The molecule has 1 aromatic rings. The van der Waals surface area contributed by atoms with Gasteiger partial charge in [-0.05, 0) is 22.9 Å². The van der Waals surface area contributed by atoms with Crippen molar-refractivity contribution in [2.45, 2.75) is 19.9 Å². The molecule has 82 valence electrons. The number of hydrogen-bond donors (Lipinski definition) is 0. The normalized spacial score (nSPS) is 10.0. The molecule has 0 unspecified atom stereocenters. The molecule has 0 radical (unpaired) electrons. The van der Waals surface area contributed by atoms with Gasteiger partial charge in [-0.25, -0.2) is 4.98 Å². The van der Waals surface area contributed by atoms with Gasteiger partial charge in [0.1, 0.15) is 4.47 Å². The lowest BCUT2D eigenvalue weighted by molar-refractivity contribution is -0.143. The van der Waals surface area contributed by atoms with Gasteiger partial charge in [-0.3, -0.25) is 14.2 Å². The van der Waals surface area contributed by atoms with E-state index in [1.165, 1.54) is 17.1 Å². The van der Waals surface area contributed by atoms with E-state index in [2.05, 4.69) is 20.9 Å². The monoisotopic (exact) mass is 274 g/mol. The lowest BCUT2D eigenvalue weighted by Gasteiger charge is -2.04. The van der Waals surface area contributed by atoms with Crippen LogP contribution in [0.25, 0.3) is 0 Å². The zero-order valence-electron chi connectivity index (χ0n) is 8.27. The summed E-state index contributed by atoms with van der Waals surface area (Å²) in [4.78, 5) is 26.3. The van der Waals surface area contributed by atoms with Crippen LogP contribution in [0.1, 0.15) is 13.3 Å². The second-order valence-electron chi connectivity index (χ2n) is 2.80. The van der Waals surface area contributed by atoms with E-state index in [1.54, 1.807) is 6.92 Å². The molecule has 6 heteroatoms. The summed E-state index contributed by atoms with van der Waals surface area (Å²) >= 11 is 3.07. The largest absolute Gasteiger partial charge is 0.466 e. The van der Waals surface area contributed by atoms with Crippen LogP contribution in [0, 0.1) is 0 Å². The lowest BCUT2D eigenvalue weighted by atomic mass is 10.4. The average Bonchev–Trinajstić information content (AvgIpc) is 2.21. The molecule has 0 aliphatic rings. The van der Waals surface area contributed by atoms with Crippen molar-refractivity contribution in [3.8, 4) is 0 Å². The highest BCUT2D eigenvalue weighted by molar-refractivity contribution is 9.10. The van der Waals surface area contributed by atoms with Crippen LogP contribution in [-0.4, -0.2) is 22.1 Å². The Morgan fingerprint density at radius 2 is 2.40 bits per heavy atom. The average molecular weight is 275 g/mol. The van der Waals surface area contributed by atoms with Crippen LogP contribution in [0.2, 0.25) is 0 Å². The van der Waals surface area contributed by atoms with Crippen molar-refractivity contribution < 1.29 is 9.53 Å². The minimum Gasteiger partial charge on any atom is -0.466 e. The van der Waals surface area contributed by atoms with Gasteiger partial charge in [-0.2, -0.15) is 0 Å². The first kappa shape index (κ1) is 11.9. The standard InChI is InChI=1S/C9H11BrN2O3/c1-2-15-8(13)3-4-12-6-11-5-7(10)9(12)14/h5-6H,2-4H2,1H3. The Labute approximate surface area is 95.2 Å². The summed E-state index contributed by atoms with van der Waals surface area (Å²) in [5.74, 6) is -0.315. The van der Waals surface area contributed by atoms with Gasteiger partial charge in [0.2, 0.25) is 0 Å². The quantitative estimate of drug-likeness (QED) is 0.768. The molecule has 0 spiro atoms. The SMILES string of the molecule is CCOC(=O)CCn1cncc(Br)c1=O. The third kappa shape index (κ3) is 3.47. The van der Waals surface area contributed by atoms with Crippen LogP contribution in [0.4, 0.5) is 0 Å². The molecule has 0 bridgehead atoms. The molecule has 0 atom stereocenters. The number of aryl methyl sites for hydroxylation is 1. The smallest absolute Gasteiger partial charge is 0.307 e. The minimum absolute atomic E-state index is 0.172. The topological polar surface area (TPSA) is 61.2 Å². The number of nitrogens with zero attached hydrogens (tertiary/aromatic N) is 2. The van der Waals surface area contributed by atoms with Crippen molar-refractivity contribution in [1.82, 2.24) is 9.55 Å². The van der Waals surface area contributed by atoms with Gasteiger partial charge < -0.3 is 4.74 Å². The summed E-state index contributed by atoms with van der Waals surface area (Å²) in [6, 6.07) is 0. The van der Waals surface area contributed by atoms with Crippen molar-refractivity contribution in [2.24, 2.45) is 0 Å². The van der Waals surface area contributed by atoms with Crippen LogP contribution in [0.3, 0.4) is 0 Å². The van der Waals surface area contributed by atoms with E-state index in [9.17, 15) is 9.59 Å². The predicted molar refractivity (Wildman–Crippen MR) is 57.4 cm³/mol. The number of carbonyl (C=O) groups excluding carboxylic acids is 1. The number of ether oxygens (including phenoxy) is 1. The van der Waals surface area contributed by atoms with E-state index >= 15 is 0 Å². The summed E-state index contributed by atoms with van der Waals surface area (Å²) < 4.78 is 6.49. The molecule has 0 saturated carbocycles. The molecule has 1 aromatic heterocycles. The molecule has 1 rings (SSSR count). The Balaban J connectivity index is 2.62. The zero-order chi connectivity index (χ0) is 11.3. The van der Waals surface area contributed by atoms with Crippen molar-refractivity contribution in [1.29, 1.82) is 0 Å². The minimum atomic E-state index is -0.315. The number of carbonyl (C=O) groups is 1. The van der Waals surface area contributed by atoms with E-state index in [0.717, 1.165) is 0 Å². The summed E-state index contributed by atoms with van der Waals surface area (Å²) in [5, 5.41) is 0. The highest BCUT2D eigenvalue weighted by Crippen LogP contribution is 1.99. The lowest BCUT2D eigenvalue weighted by Crippen LogP contribution is -2.22. The van der Waals surface area contributed by atoms with E-state index in [-0.39, 0.29) is 24.5 Å². The summed E-state index contributed by atoms with van der Waals surface area (Å²) in [5.41, 5.74) is -0.200. The van der Waals surface area contributed by atoms with Crippen molar-refractivity contribution in [3.05, 3.63) is 27.4 Å². The maximum Gasteiger partial charge on any atom is 0.307 e. The van der Waals surface area contributed by atoms with Gasteiger partial charge in [-0.15, -0.1) is 0 Å². The Bertz CT molecular complexity index is 403. The first-order valence-corrected chi connectivity index (χ1v) is 5.30.